The first kappa shape index (κ1) is 20.7. The lowest BCUT2D eigenvalue weighted by Gasteiger charge is -2.28. The van der Waals surface area contributed by atoms with Gasteiger partial charge in [-0.2, -0.15) is 0 Å². The van der Waals surface area contributed by atoms with Crippen LogP contribution in [0.2, 0.25) is 0 Å². The lowest BCUT2D eigenvalue weighted by Crippen LogP contribution is -2.55. The number of thioether (sulfide) groups is 1. The number of nitrogens with zero attached hydrogens (tertiary/aromatic N) is 1. The minimum absolute atomic E-state index is 0.0252. The molecule has 0 bridgehead atoms. The Labute approximate surface area is 169 Å². The van der Waals surface area contributed by atoms with E-state index in [2.05, 4.69) is 10.6 Å². The molecule has 1 saturated heterocycles. The van der Waals surface area contributed by atoms with Gasteiger partial charge < -0.3 is 20.3 Å². The van der Waals surface area contributed by atoms with Crippen molar-refractivity contribution in [3.8, 4) is 0 Å². The third kappa shape index (κ3) is 3.89. The fourth-order valence-electron chi connectivity index (χ4n) is 3.58. The number of fused-ring (bicyclic) bond motifs is 3. The number of carbonyl (C=O) groups is 3. The van der Waals surface area contributed by atoms with Gasteiger partial charge in [0.1, 0.15) is 17.5 Å². The number of nitrogens with one attached hydrogen (secondary N) is 2. The summed E-state index contributed by atoms with van der Waals surface area (Å²) in [6, 6.07) is 6.27. The summed E-state index contributed by atoms with van der Waals surface area (Å²) in [4.78, 5) is 40.1. The molecule has 7 nitrogen and oxygen atoms in total. The highest BCUT2D eigenvalue weighted by atomic mass is 32.2. The van der Waals surface area contributed by atoms with Crippen LogP contribution in [0.25, 0.3) is 0 Å². The predicted octanol–water partition coefficient (Wildman–Crippen LogP) is 1.55. The zero-order valence-corrected chi connectivity index (χ0v) is 17.3. The number of carbonyl (C=O) groups excluding carboxylic acids is 3. The standard InChI is InChI=1S/C20H27N3O4S/c1-4-12(2)16(18(25)21-9-10-27-3)22-17(24)15-11-28-20-14-8-6-5-7-13(14)19(26)23(15)20/h5-8,12,15-16,20H,4,9-11H2,1-3H3,(H,21,25)(H,22,24)/t12-,15+,16+,20+/m1/s1. The molecular formula is C20H27N3O4S. The van der Waals surface area contributed by atoms with Gasteiger partial charge in [0.2, 0.25) is 11.8 Å². The summed E-state index contributed by atoms with van der Waals surface area (Å²) in [5, 5.41) is 5.57. The second kappa shape index (κ2) is 8.96. The molecule has 1 aromatic carbocycles. The fraction of sp³-hybridized carbons (Fsp3) is 0.550. The van der Waals surface area contributed by atoms with E-state index in [1.165, 1.54) is 0 Å². The van der Waals surface area contributed by atoms with Gasteiger partial charge in [-0.1, -0.05) is 38.5 Å². The Balaban J connectivity index is 1.71. The van der Waals surface area contributed by atoms with E-state index >= 15 is 0 Å². The van der Waals surface area contributed by atoms with Crippen LogP contribution in [0.1, 0.15) is 41.6 Å². The fourth-order valence-corrected chi connectivity index (χ4v) is 5.04. The monoisotopic (exact) mass is 405 g/mol. The maximum Gasteiger partial charge on any atom is 0.256 e. The first-order valence-corrected chi connectivity index (χ1v) is 10.6. The number of hydrogen-bond donors (Lipinski definition) is 2. The van der Waals surface area contributed by atoms with E-state index in [-0.39, 0.29) is 29.0 Å². The molecule has 0 aromatic heterocycles. The third-order valence-electron chi connectivity index (χ3n) is 5.39. The van der Waals surface area contributed by atoms with Gasteiger partial charge in [0.25, 0.3) is 5.91 Å². The van der Waals surface area contributed by atoms with Crippen molar-refractivity contribution in [2.45, 2.75) is 37.7 Å². The summed E-state index contributed by atoms with van der Waals surface area (Å²) < 4.78 is 4.96. The number of benzene rings is 1. The Morgan fingerprint density at radius 3 is 2.82 bits per heavy atom. The van der Waals surface area contributed by atoms with Crippen LogP contribution < -0.4 is 10.6 Å². The Bertz CT molecular complexity index is 757. The molecule has 0 radical (unpaired) electrons. The van der Waals surface area contributed by atoms with Crippen molar-refractivity contribution < 1.29 is 19.1 Å². The van der Waals surface area contributed by atoms with E-state index in [9.17, 15) is 14.4 Å². The average Bonchev–Trinajstić information content (AvgIpc) is 3.26. The van der Waals surface area contributed by atoms with Crippen molar-refractivity contribution in [1.29, 1.82) is 0 Å². The molecule has 3 rings (SSSR count). The van der Waals surface area contributed by atoms with Gasteiger partial charge in [-0.25, -0.2) is 0 Å². The SMILES string of the molecule is CC[C@@H](C)[C@H](NC(=O)[C@@H]1CS[C@H]2c3ccccc3C(=O)N12)C(=O)NCCOC. The van der Waals surface area contributed by atoms with Crippen molar-refractivity contribution in [3.05, 3.63) is 35.4 Å². The molecule has 152 valence electrons. The van der Waals surface area contributed by atoms with Gasteiger partial charge in [0, 0.05) is 25.0 Å². The molecule has 8 heteroatoms. The molecule has 2 aliphatic heterocycles. The van der Waals surface area contributed by atoms with E-state index in [1.54, 1.807) is 29.8 Å². The number of rotatable bonds is 8. The summed E-state index contributed by atoms with van der Waals surface area (Å²) in [6.07, 6.45) is 0.749. The number of methoxy groups -OCH3 is 1. The molecule has 0 saturated carbocycles. The Morgan fingerprint density at radius 2 is 2.11 bits per heavy atom. The summed E-state index contributed by atoms with van der Waals surface area (Å²) in [7, 11) is 1.57. The van der Waals surface area contributed by atoms with Gasteiger partial charge in [0.15, 0.2) is 0 Å². The van der Waals surface area contributed by atoms with Gasteiger partial charge in [-0.15, -0.1) is 11.8 Å². The van der Waals surface area contributed by atoms with Gasteiger partial charge in [-0.05, 0) is 17.5 Å². The van der Waals surface area contributed by atoms with Crippen LogP contribution in [0.4, 0.5) is 0 Å². The molecule has 0 unspecified atom stereocenters. The number of ether oxygens (including phenoxy) is 1. The Kier molecular flexibility index (Phi) is 6.61. The molecule has 2 N–H and O–H groups in total. The van der Waals surface area contributed by atoms with Gasteiger partial charge in [-0.3, -0.25) is 14.4 Å². The van der Waals surface area contributed by atoms with E-state index in [0.29, 0.717) is 24.5 Å². The van der Waals surface area contributed by atoms with Crippen LogP contribution in [0.15, 0.2) is 24.3 Å². The molecule has 0 aliphatic carbocycles. The molecule has 4 atom stereocenters. The van der Waals surface area contributed by atoms with Crippen LogP contribution in [0.5, 0.6) is 0 Å². The van der Waals surface area contributed by atoms with Crippen LogP contribution in [0, 0.1) is 5.92 Å². The minimum atomic E-state index is -0.640. The predicted molar refractivity (Wildman–Crippen MR) is 108 cm³/mol. The quantitative estimate of drug-likeness (QED) is 0.641. The zero-order valence-electron chi connectivity index (χ0n) is 16.4. The average molecular weight is 406 g/mol. The molecule has 1 aromatic rings. The van der Waals surface area contributed by atoms with Crippen molar-refractivity contribution >= 4 is 29.5 Å². The topological polar surface area (TPSA) is 87.7 Å². The molecule has 3 amide bonds. The highest BCUT2D eigenvalue weighted by Gasteiger charge is 2.48. The van der Waals surface area contributed by atoms with E-state index in [0.717, 1.165) is 12.0 Å². The van der Waals surface area contributed by atoms with Crippen LogP contribution >= 0.6 is 11.8 Å². The highest BCUT2D eigenvalue weighted by Crippen LogP contribution is 2.48. The van der Waals surface area contributed by atoms with Crippen molar-refractivity contribution in [2.24, 2.45) is 5.92 Å². The highest BCUT2D eigenvalue weighted by molar-refractivity contribution is 7.99. The molecule has 2 heterocycles. The van der Waals surface area contributed by atoms with Crippen LogP contribution in [0.3, 0.4) is 0 Å². The van der Waals surface area contributed by atoms with E-state index in [4.69, 9.17) is 4.74 Å². The third-order valence-corrected chi connectivity index (χ3v) is 6.70. The number of amides is 3. The molecule has 2 aliphatic rings. The van der Waals surface area contributed by atoms with Crippen molar-refractivity contribution in [2.75, 3.05) is 26.0 Å². The first-order chi connectivity index (χ1) is 13.5. The lowest BCUT2D eigenvalue weighted by atomic mass is 9.98. The molecule has 28 heavy (non-hydrogen) atoms. The maximum absolute atomic E-state index is 13.0. The van der Waals surface area contributed by atoms with E-state index < -0.39 is 12.1 Å². The summed E-state index contributed by atoms with van der Waals surface area (Å²) >= 11 is 1.59. The lowest BCUT2D eigenvalue weighted by molar-refractivity contribution is -0.132. The Hall–Kier alpha value is -2.06. The summed E-state index contributed by atoms with van der Waals surface area (Å²) in [6.45, 7) is 4.71. The van der Waals surface area contributed by atoms with Crippen LogP contribution in [-0.4, -0.2) is 60.7 Å². The second-order valence-electron chi connectivity index (χ2n) is 7.16. The summed E-state index contributed by atoms with van der Waals surface area (Å²) in [5.41, 5.74) is 1.62. The normalized spacial score (nSPS) is 22.4. The van der Waals surface area contributed by atoms with E-state index in [1.807, 2.05) is 32.0 Å². The molecule has 0 spiro atoms. The smallest absolute Gasteiger partial charge is 0.256 e. The maximum atomic E-state index is 13.0. The minimum Gasteiger partial charge on any atom is -0.383 e. The molecule has 1 fully saturated rings. The van der Waals surface area contributed by atoms with Gasteiger partial charge in [0.05, 0.1) is 6.61 Å². The van der Waals surface area contributed by atoms with Crippen LogP contribution in [-0.2, 0) is 14.3 Å². The number of hydrogen-bond acceptors (Lipinski definition) is 5. The summed E-state index contributed by atoms with van der Waals surface area (Å²) in [5.74, 6) is -0.116. The zero-order chi connectivity index (χ0) is 20.3. The van der Waals surface area contributed by atoms with Crippen molar-refractivity contribution in [1.82, 2.24) is 15.5 Å². The Morgan fingerprint density at radius 1 is 1.36 bits per heavy atom. The molecular weight excluding hydrogens is 378 g/mol. The van der Waals surface area contributed by atoms with Crippen molar-refractivity contribution in [3.63, 3.8) is 0 Å². The first-order valence-electron chi connectivity index (χ1n) is 9.59. The largest absolute Gasteiger partial charge is 0.383 e. The second-order valence-corrected chi connectivity index (χ2v) is 8.27. The van der Waals surface area contributed by atoms with Gasteiger partial charge >= 0.3 is 0 Å².